The van der Waals surface area contributed by atoms with Crippen LogP contribution in [-0.4, -0.2) is 0 Å². The molecule has 0 atom stereocenters. The number of benzene rings is 8. The van der Waals surface area contributed by atoms with Crippen LogP contribution in [-0.2, 0) is 0 Å². The van der Waals surface area contributed by atoms with Crippen LogP contribution in [0.1, 0.15) is 27.8 Å². The molecule has 0 aliphatic carbocycles. The fraction of sp³-hybridized carbons (Fsp3) is 0.0714. The van der Waals surface area contributed by atoms with Crippen molar-refractivity contribution in [3.05, 3.63) is 246 Å². The fourth-order valence-electron chi connectivity index (χ4n) is 7.23. The molecular formula is C56H49N3. The highest BCUT2D eigenvalue weighted by atomic mass is 15.1. The third-order valence-corrected chi connectivity index (χ3v) is 10.6. The van der Waals surface area contributed by atoms with Crippen LogP contribution in [0.25, 0.3) is 17.2 Å². The summed E-state index contributed by atoms with van der Waals surface area (Å²) in [6.45, 7) is 8.50. The number of rotatable bonds is 12. The van der Waals surface area contributed by atoms with Gasteiger partial charge in [0, 0.05) is 51.7 Å². The highest BCUT2D eigenvalue weighted by Crippen LogP contribution is 2.37. The summed E-state index contributed by atoms with van der Waals surface area (Å²) in [4.78, 5) is 6.84. The molecule has 0 fully saturated rings. The van der Waals surface area contributed by atoms with Crippen molar-refractivity contribution in [3.63, 3.8) is 0 Å². The number of hydrogen-bond acceptors (Lipinski definition) is 3. The molecule has 3 nitrogen and oxygen atoms in total. The summed E-state index contributed by atoms with van der Waals surface area (Å²) in [5.41, 5.74) is 17.4. The van der Waals surface area contributed by atoms with Crippen molar-refractivity contribution in [2.45, 2.75) is 27.7 Å². The summed E-state index contributed by atoms with van der Waals surface area (Å²) < 4.78 is 0. The molecule has 0 bridgehead atoms. The Kier molecular flexibility index (Phi) is 11.6. The van der Waals surface area contributed by atoms with E-state index in [2.05, 4.69) is 267 Å². The number of hydrogen-bond donors (Lipinski definition) is 0. The predicted octanol–water partition coefficient (Wildman–Crippen LogP) is 15.9. The van der Waals surface area contributed by atoms with Gasteiger partial charge in [-0.05, 0) is 148 Å². The van der Waals surface area contributed by atoms with Crippen LogP contribution in [0.2, 0.25) is 0 Å². The highest BCUT2D eigenvalue weighted by molar-refractivity contribution is 5.80. The van der Waals surface area contributed by atoms with Gasteiger partial charge in [-0.25, -0.2) is 0 Å². The molecule has 8 rings (SSSR count). The molecule has 0 heterocycles. The molecule has 0 saturated carbocycles. The van der Waals surface area contributed by atoms with E-state index in [0.717, 1.165) is 51.1 Å². The summed E-state index contributed by atoms with van der Waals surface area (Å²) in [5, 5.41) is 0. The zero-order valence-electron chi connectivity index (χ0n) is 34.2. The largest absolute Gasteiger partial charge is 0.317 e. The lowest BCUT2D eigenvalue weighted by Gasteiger charge is -2.26. The lowest BCUT2D eigenvalue weighted by atomic mass is 10.0. The summed E-state index contributed by atoms with van der Waals surface area (Å²) in [6, 6.07) is 71.7. The molecule has 0 unspecified atom stereocenters. The smallest absolute Gasteiger partial charge is 0.0462 e. The molecule has 0 N–H and O–H groups in total. The van der Waals surface area contributed by atoms with Gasteiger partial charge in [-0.3, -0.25) is 0 Å². The predicted molar refractivity (Wildman–Crippen MR) is 253 cm³/mol. The molecule has 0 aliphatic rings. The second kappa shape index (κ2) is 17.8. The lowest BCUT2D eigenvalue weighted by Crippen LogP contribution is -2.09. The Morgan fingerprint density at radius 3 is 0.983 bits per heavy atom. The van der Waals surface area contributed by atoms with Crippen molar-refractivity contribution in [3.8, 4) is 11.1 Å². The van der Waals surface area contributed by atoms with E-state index < -0.39 is 0 Å². The maximum atomic E-state index is 2.30. The molecular weight excluding hydrogens is 715 g/mol. The number of nitrogens with zero attached hydrogens (tertiary/aromatic N) is 3. The molecule has 288 valence electrons. The second-order valence-electron chi connectivity index (χ2n) is 15.1. The van der Waals surface area contributed by atoms with Crippen LogP contribution >= 0.6 is 0 Å². The van der Waals surface area contributed by atoms with E-state index in [1.807, 2.05) is 0 Å². The van der Waals surface area contributed by atoms with Crippen molar-refractivity contribution in [2.24, 2.45) is 0 Å². The van der Waals surface area contributed by atoms with Gasteiger partial charge in [0.25, 0.3) is 0 Å². The zero-order valence-corrected chi connectivity index (χ0v) is 34.2. The van der Waals surface area contributed by atoms with Crippen molar-refractivity contribution < 1.29 is 0 Å². The van der Waals surface area contributed by atoms with E-state index >= 15 is 0 Å². The van der Waals surface area contributed by atoms with Crippen molar-refractivity contribution in [2.75, 3.05) is 14.7 Å². The van der Waals surface area contributed by atoms with Gasteiger partial charge in [0.05, 0.1) is 0 Å². The molecule has 0 amide bonds. The fourth-order valence-corrected chi connectivity index (χ4v) is 7.23. The molecule has 8 aromatic rings. The van der Waals surface area contributed by atoms with Crippen LogP contribution in [0.4, 0.5) is 45.5 Å². The van der Waals surface area contributed by atoms with Gasteiger partial charge >= 0.3 is 0 Å². The molecule has 8 aromatic carbocycles. The van der Waals surface area contributed by atoms with E-state index in [-0.39, 0.29) is 0 Å². The molecule has 59 heavy (non-hydrogen) atoms. The van der Waals surface area contributed by atoms with E-state index in [1.54, 1.807) is 0 Å². The highest BCUT2D eigenvalue weighted by Gasteiger charge is 2.14. The molecule has 0 aliphatic heterocycles. The number of para-hydroxylation sites is 1. The van der Waals surface area contributed by atoms with Crippen molar-refractivity contribution in [1.29, 1.82) is 0 Å². The Hall–Kier alpha value is -7.36. The van der Waals surface area contributed by atoms with Gasteiger partial charge in [-0.1, -0.05) is 138 Å². The van der Waals surface area contributed by atoms with Gasteiger partial charge in [0.15, 0.2) is 0 Å². The number of anilines is 8. The van der Waals surface area contributed by atoms with Crippen LogP contribution in [0.5, 0.6) is 0 Å². The minimum absolute atomic E-state index is 1.09. The third kappa shape index (κ3) is 9.28. The Morgan fingerprint density at radius 1 is 0.288 bits per heavy atom. The normalized spacial score (nSPS) is 11.3. The Bertz CT molecular complexity index is 2580. The van der Waals surface area contributed by atoms with E-state index in [9.17, 15) is 0 Å². The standard InChI is InChI=1S/C56H49N3/c1-42-13-27-49(28-14-42)57(41-9-8-10-46-21-35-55(36-22-46)59(53-31-17-44(3)18-32-53)54-33-19-45(4)20-34-54)50-37-23-47(24-38-50)48-25-39-56(40-26-48)58(51-11-6-5-7-12-51)52-29-15-43(2)16-30-52/h5-41H,1-4H3/b10-8+,41-9+. The van der Waals surface area contributed by atoms with Crippen LogP contribution in [0.3, 0.4) is 0 Å². The van der Waals surface area contributed by atoms with Gasteiger partial charge in [-0.2, -0.15) is 0 Å². The molecule has 0 radical (unpaired) electrons. The van der Waals surface area contributed by atoms with Crippen LogP contribution < -0.4 is 14.7 Å². The Balaban J connectivity index is 1.01. The first-order chi connectivity index (χ1) is 28.9. The van der Waals surface area contributed by atoms with E-state index in [4.69, 9.17) is 0 Å². The molecule has 3 heteroatoms. The number of allylic oxidation sites excluding steroid dienone is 2. The second-order valence-corrected chi connectivity index (χ2v) is 15.1. The average Bonchev–Trinajstić information content (AvgIpc) is 3.27. The molecule has 0 saturated heterocycles. The van der Waals surface area contributed by atoms with Gasteiger partial charge in [0.1, 0.15) is 0 Å². The molecule has 0 aromatic heterocycles. The zero-order chi connectivity index (χ0) is 40.6. The minimum atomic E-state index is 1.09. The summed E-state index contributed by atoms with van der Waals surface area (Å²) >= 11 is 0. The topological polar surface area (TPSA) is 9.72 Å². The summed E-state index contributed by atoms with van der Waals surface area (Å²) in [7, 11) is 0. The first-order valence-electron chi connectivity index (χ1n) is 20.2. The molecule has 0 spiro atoms. The summed E-state index contributed by atoms with van der Waals surface area (Å²) in [5.74, 6) is 0. The van der Waals surface area contributed by atoms with E-state index in [0.29, 0.717) is 0 Å². The SMILES string of the molecule is Cc1ccc(N(/C=C/C=C/c2ccc(N(c3ccc(C)cc3)c3ccc(C)cc3)cc2)c2ccc(-c3ccc(N(c4ccccc4)c4ccc(C)cc4)cc3)cc2)cc1. The van der Waals surface area contributed by atoms with Crippen LogP contribution in [0.15, 0.2) is 219 Å². The first kappa shape index (κ1) is 38.5. The number of aryl methyl sites for hydroxylation is 4. The van der Waals surface area contributed by atoms with E-state index in [1.165, 1.54) is 33.4 Å². The Labute approximate surface area is 350 Å². The van der Waals surface area contributed by atoms with Crippen molar-refractivity contribution in [1.82, 2.24) is 0 Å². The quantitative estimate of drug-likeness (QED) is 0.115. The monoisotopic (exact) mass is 763 g/mol. The van der Waals surface area contributed by atoms with Crippen molar-refractivity contribution >= 4 is 51.6 Å². The maximum absolute atomic E-state index is 2.30. The minimum Gasteiger partial charge on any atom is -0.317 e. The maximum Gasteiger partial charge on any atom is 0.0462 e. The van der Waals surface area contributed by atoms with Gasteiger partial charge < -0.3 is 14.7 Å². The first-order valence-corrected chi connectivity index (χ1v) is 20.2. The lowest BCUT2D eigenvalue weighted by molar-refractivity contribution is 1.27. The van der Waals surface area contributed by atoms with Crippen LogP contribution in [0, 0.1) is 27.7 Å². The average molecular weight is 764 g/mol. The Morgan fingerprint density at radius 2 is 0.593 bits per heavy atom. The van der Waals surface area contributed by atoms with Gasteiger partial charge in [0.2, 0.25) is 0 Å². The summed E-state index contributed by atoms with van der Waals surface area (Å²) in [6.07, 6.45) is 8.51. The van der Waals surface area contributed by atoms with Gasteiger partial charge in [-0.15, -0.1) is 0 Å². The third-order valence-electron chi connectivity index (χ3n) is 10.6.